The summed E-state index contributed by atoms with van der Waals surface area (Å²) in [4.78, 5) is 6.13. The summed E-state index contributed by atoms with van der Waals surface area (Å²) in [5.74, 6) is 0. The van der Waals surface area contributed by atoms with Gasteiger partial charge in [0.2, 0.25) is 10.0 Å². The Morgan fingerprint density at radius 3 is 2.52 bits per heavy atom. The number of thiazole rings is 1. The van der Waals surface area contributed by atoms with Crippen LogP contribution < -0.4 is 10.5 Å². The van der Waals surface area contributed by atoms with Crippen molar-refractivity contribution in [3.63, 3.8) is 0 Å². The molecule has 2 rings (SSSR count). The fraction of sp³-hybridized carbons (Fsp3) is 0.308. The van der Waals surface area contributed by atoms with Gasteiger partial charge in [0, 0.05) is 6.54 Å². The minimum Gasteiger partial charge on any atom is -0.360 e. The second-order valence-corrected chi connectivity index (χ2v) is 7.62. The van der Waals surface area contributed by atoms with Crippen molar-refractivity contribution in [2.45, 2.75) is 10.3 Å². The fourth-order valence-electron chi connectivity index (χ4n) is 1.93. The highest BCUT2D eigenvalue weighted by molar-refractivity contribution is 7.91. The number of anilines is 1. The number of hydrogen-bond acceptors (Lipinski definition) is 6. The van der Waals surface area contributed by atoms with Gasteiger partial charge in [-0.25, -0.2) is 18.5 Å². The number of aromatic nitrogens is 1. The van der Waals surface area contributed by atoms with E-state index in [0.29, 0.717) is 11.7 Å². The molecule has 0 aliphatic rings. The van der Waals surface area contributed by atoms with Crippen LogP contribution in [0.3, 0.4) is 0 Å². The molecular weight excluding hydrogens is 308 g/mol. The number of nitrogens with zero attached hydrogens (tertiary/aromatic N) is 2. The Bertz CT molecular complexity index is 683. The first-order valence-corrected chi connectivity index (χ1v) is 8.68. The number of nitrogens with two attached hydrogens (primary N) is 1. The lowest BCUT2D eigenvalue weighted by molar-refractivity contribution is 0.312. The van der Waals surface area contributed by atoms with E-state index in [4.69, 9.17) is 5.14 Å². The van der Waals surface area contributed by atoms with E-state index in [-0.39, 0.29) is 10.3 Å². The van der Waals surface area contributed by atoms with Crippen LogP contribution in [0.4, 0.5) is 5.13 Å². The van der Waals surface area contributed by atoms with Crippen LogP contribution in [0.25, 0.3) is 0 Å². The number of primary sulfonamides is 1. The molecule has 21 heavy (non-hydrogen) atoms. The number of rotatable bonds is 6. The molecule has 6 nitrogen and oxygen atoms in total. The van der Waals surface area contributed by atoms with Gasteiger partial charge in [0.05, 0.1) is 12.2 Å². The Kier molecular flexibility index (Phi) is 4.94. The Labute approximate surface area is 128 Å². The third-order valence-corrected chi connectivity index (χ3v) is 5.38. The predicted octanol–water partition coefficient (Wildman–Crippen LogP) is 1.51. The molecule has 1 unspecified atom stereocenters. The molecule has 0 saturated heterocycles. The molecule has 0 fully saturated rings. The zero-order valence-electron chi connectivity index (χ0n) is 11.9. The number of benzene rings is 1. The second kappa shape index (κ2) is 6.52. The molecule has 1 heterocycles. The summed E-state index contributed by atoms with van der Waals surface area (Å²) in [5.41, 5.74) is 1.18. The summed E-state index contributed by atoms with van der Waals surface area (Å²) in [7, 11) is 0.311. The molecule has 0 spiro atoms. The smallest absolute Gasteiger partial charge is 0.249 e. The average molecular weight is 326 g/mol. The van der Waals surface area contributed by atoms with E-state index in [1.165, 1.54) is 11.8 Å². The van der Waals surface area contributed by atoms with Gasteiger partial charge in [0.25, 0.3) is 0 Å². The third-order valence-electron chi connectivity index (χ3n) is 3.02. The SMILES string of the molecule is CN(C)C(CNc1ncc(S(N)(=O)=O)s1)c1ccccc1. The van der Waals surface area contributed by atoms with Gasteiger partial charge in [-0.05, 0) is 19.7 Å². The molecule has 0 amide bonds. The first-order chi connectivity index (χ1) is 9.88. The minimum atomic E-state index is -3.68. The molecule has 114 valence electrons. The highest BCUT2D eigenvalue weighted by Gasteiger charge is 2.16. The third kappa shape index (κ3) is 4.24. The van der Waals surface area contributed by atoms with Gasteiger partial charge in [0.1, 0.15) is 0 Å². The largest absolute Gasteiger partial charge is 0.360 e. The highest BCUT2D eigenvalue weighted by atomic mass is 32.2. The maximum atomic E-state index is 11.2. The average Bonchev–Trinajstić information content (AvgIpc) is 2.88. The van der Waals surface area contributed by atoms with Gasteiger partial charge in [-0.15, -0.1) is 0 Å². The highest BCUT2D eigenvalue weighted by Crippen LogP contribution is 2.24. The van der Waals surface area contributed by atoms with Gasteiger partial charge in [-0.1, -0.05) is 41.7 Å². The van der Waals surface area contributed by atoms with E-state index in [0.717, 1.165) is 11.3 Å². The molecule has 2 aromatic rings. The van der Waals surface area contributed by atoms with Crippen LogP contribution in [0.2, 0.25) is 0 Å². The lowest BCUT2D eigenvalue weighted by atomic mass is 10.1. The van der Waals surface area contributed by atoms with Crippen molar-refractivity contribution in [3.8, 4) is 0 Å². The van der Waals surface area contributed by atoms with Crippen LogP contribution in [-0.4, -0.2) is 38.9 Å². The van der Waals surface area contributed by atoms with Crippen molar-refractivity contribution >= 4 is 26.5 Å². The Hall–Kier alpha value is -1.48. The molecule has 8 heteroatoms. The van der Waals surface area contributed by atoms with Gasteiger partial charge in [0.15, 0.2) is 9.34 Å². The van der Waals surface area contributed by atoms with E-state index >= 15 is 0 Å². The van der Waals surface area contributed by atoms with Crippen LogP contribution in [-0.2, 0) is 10.0 Å². The van der Waals surface area contributed by atoms with Crippen molar-refractivity contribution in [1.82, 2.24) is 9.88 Å². The molecule has 0 saturated carbocycles. The van der Waals surface area contributed by atoms with E-state index in [2.05, 4.69) is 27.3 Å². The van der Waals surface area contributed by atoms with Crippen molar-refractivity contribution in [2.75, 3.05) is 26.0 Å². The monoisotopic (exact) mass is 326 g/mol. The quantitative estimate of drug-likeness (QED) is 0.840. The zero-order valence-corrected chi connectivity index (χ0v) is 13.5. The normalized spacial score (nSPS) is 13.3. The lowest BCUT2D eigenvalue weighted by Gasteiger charge is -2.24. The summed E-state index contributed by atoms with van der Waals surface area (Å²) >= 11 is 1.04. The molecule has 1 atom stereocenters. The molecular formula is C13H18N4O2S2. The zero-order chi connectivity index (χ0) is 15.5. The Balaban J connectivity index is 2.08. The summed E-state index contributed by atoms with van der Waals surface area (Å²) in [6.07, 6.45) is 1.27. The lowest BCUT2D eigenvalue weighted by Crippen LogP contribution is -2.26. The summed E-state index contributed by atoms with van der Waals surface area (Å²) in [5, 5.41) is 8.78. The van der Waals surface area contributed by atoms with Crippen molar-refractivity contribution < 1.29 is 8.42 Å². The molecule has 0 radical (unpaired) electrons. The van der Waals surface area contributed by atoms with Gasteiger partial charge in [-0.3, -0.25) is 0 Å². The molecule has 0 aliphatic heterocycles. The van der Waals surface area contributed by atoms with E-state index < -0.39 is 10.0 Å². The van der Waals surface area contributed by atoms with Gasteiger partial charge >= 0.3 is 0 Å². The summed E-state index contributed by atoms with van der Waals surface area (Å²) in [6.45, 7) is 0.620. The van der Waals surface area contributed by atoms with E-state index in [1.807, 2.05) is 32.3 Å². The molecule has 1 aromatic heterocycles. The molecule has 3 N–H and O–H groups in total. The van der Waals surface area contributed by atoms with Crippen LogP contribution >= 0.6 is 11.3 Å². The molecule has 1 aromatic carbocycles. The minimum absolute atomic E-state index is 0.0612. The Morgan fingerprint density at radius 1 is 1.33 bits per heavy atom. The first kappa shape index (κ1) is 15.9. The standard InChI is InChI=1S/C13H18N4O2S2/c1-17(2)11(10-6-4-3-5-7-10)8-15-13-16-9-12(20-13)21(14,18)19/h3-7,9,11H,8H2,1-2H3,(H,15,16)(H2,14,18,19). The summed E-state index contributed by atoms with van der Waals surface area (Å²) in [6, 6.07) is 10.2. The number of nitrogens with one attached hydrogen (secondary N) is 1. The Morgan fingerprint density at radius 2 is 2.00 bits per heavy atom. The van der Waals surface area contributed by atoms with Crippen LogP contribution in [0.5, 0.6) is 0 Å². The van der Waals surface area contributed by atoms with Crippen molar-refractivity contribution in [3.05, 3.63) is 42.1 Å². The van der Waals surface area contributed by atoms with Gasteiger partial charge in [-0.2, -0.15) is 0 Å². The second-order valence-electron chi connectivity index (χ2n) is 4.80. The first-order valence-electron chi connectivity index (χ1n) is 6.32. The maximum Gasteiger partial charge on any atom is 0.249 e. The maximum absolute atomic E-state index is 11.2. The fourth-order valence-corrected chi connectivity index (χ4v) is 3.39. The van der Waals surface area contributed by atoms with Crippen LogP contribution in [0, 0.1) is 0 Å². The van der Waals surface area contributed by atoms with Crippen molar-refractivity contribution in [2.24, 2.45) is 5.14 Å². The van der Waals surface area contributed by atoms with Crippen molar-refractivity contribution in [1.29, 1.82) is 0 Å². The predicted molar refractivity (Wildman–Crippen MR) is 84.8 cm³/mol. The van der Waals surface area contributed by atoms with Crippen LogP contribution in [0.15, 0.2) is 40.7 Å². The van der Waals surface area contributed by atoms with E-state index in [1.54, 1.807) is 0 Å². The number of sulfonamides is 1. The topological polar surface area (TPSA) is 88.3 Å². The molecule has 0 bridgehead atoms. The van der Waals surface area contributed by atoms with E-state index in [9.17, 15) is 8.42 Å². The van der Waals surface area contributed by atoms with Crippen LogP contribution in [0.1, 0.15) is 11.6 Å². The van der Waals surface area contributed by atoms with Gasteiger partial charge < -0.3 is 10.2 Å². The summed E-state index contributed by atoms with van der Waals surface area (Å²) < 4.78 is 22.5. The number of hydrogen-bond donors (Lipinski definition) is 2. The number of likely N-dealkylation sites (N-methyl/N-ethyl adjacent to an activating group) is 1. The molecule has 0 aliphatic carbocycles.